The lowest BCUT2D eigenvalue weighted by Gasteiger charge is -2.37. The third kappa shape index (κ3) is 2.35. The molecule has 7 heteroatoms. The van der Waals surface area contributed by atoms with E-state index in [0.717, 1.165) is 11.4 Å². The Balaban J connectivity index is 1.42. The second-order valence-corrected chi connectivity index (χ2v) is 8.08. The number of nitrogens with zero attached hydrogens (tertiary/aromatic N) is 2. The molecule has 1 aromatic carbocycles. The predicted molar refractivity (Wildman–Crippen MR) is 98.4 cm³/mol. The second kappa shape index (κ2) is 5.83. The van der Waals surface area contributed by atoms with Gasteiger partial charge in [0, 0.05) is 0 Å². The highest BCUT2D eigenvalue weighted by Crippen LogP contribution is 2.65. The Bertz CT molecular complexity index is 875. The fourth-order valence-corrected chi connectivity index (χ4v) is 5.33. The molecule has 2 bridgehead atoms. The number of aromatic hydroxyl groups is 1. The van der Waals surface area contributed by atoms with Crippen LogP contribution in [-0.2, 0) is 9.59 Å². The largest absolute Gasteiger partial charge is 0.503 e. The molecule has 0 unspecified atom stereocenters. The summed E-state index contributed by atoms with van der Waals surface area (Å²) in [4.78, 5) is 25.8. The highest BCUT2D eigenvalue weighted by atomic mass is 35.5. The summed E-state index contributed by atoms with van der Waals surface area (Å²) < 4.78 is 5.35. The van der Waals surface area contributed by atoms with Crippen LogP contribution in [0.1, 0.15) is 18.9 Å². The summed E-state index contributed by atoms with van der Waals surface area (Å²) in [6.45, 7) is 2.17. The highest BCUT2D eigenvalue weighted by molar-refractivity contribution is 6.32. The average molecular weight is 387 g/mol. The van der Waals surface area contributed by atoms with E-state index in [9.17, 15) is 14.7 Å². The molecule has 2 saturated carbocycles. The zero-order valence-corrected chi connectivity index (χ0v) is 15.5. The maximum Gasteiger partial charge on any atom is 0.254 e. The molecule has 6 atom stereocenters. The topological polar surface area (TPSA) is 79.2 Å². The molecule has 5 aliphatic rings. The Morgan fingerprint density at radius 1 is 1.22 bits per heavy atom. The summed E-state index contributed by atoms with van der Waals surface area (Å²) in [6, 6.07) is 3.09. The molecule has 0 radical (unpaired) electrons. The number of carbonyl (C=O) groups excluding carboxylic acids is 2. The number of allylic oxidation sites excluding steroid dienone is 2. The SMILES string of the molecule is CCOc1cc(/C=N\N2C(=O)[C@@H]3[C@H]4C=C[C@@H]([C@@H]5C[C@H]45)[C@H]3C2=O)cc(Cl)c1O. The molecular formula is C20H19ClN2O4. The molecule has 1 N–H and O–H groups in total. The van der Waals surface area contributed by atoms with Gasteiger partial charge in [0.1, 0.15) is 0 Å². The third-order valence-corrected chi connectivity index (χ3v) is 6.60. The molecule has 2 amide bonds. The molecule has 27 heavy (non-hydrogen) atoms. The highest BCUT2D eigenvalue weighted by Gasteiger charge is 2.67. The third-order valence-electron chi connectivity index (χ3n) is 6.31. The van der Waals surface area contributed by atoms with Crippen molar-refractivity contribution in [3.05, 3.63) is 34.9 Å². The van der Waals surface area contributed by atoms with E-state index in [2.05, 4.69) is 17.3 Å². The molecular weight excluding hydrogens is 368 g/mol. The number of hydrogen-bond donors (Lipinski definition) is 1. The van der Waals surface area contributed by atoms with E-state index in [4.69, 9.17) is 16.3 Å². The van der Waals surface area contributed by atoms with E-state index in [1.165, 1.54) is 12.3 Å². The number of carbonyl (C=O) groups is 2. The second-order valence-electron chi connectivity index (χ2n) is 7.67. The van der Waals surface area contributed by atoms with Crippen molar-refractivity contribution in [2.75, 3.05) is 6.61 Å². The molecule has 140 valence electrons. The normalized spacial score (nSPS) is 35.7. The lowest BCUT2D eigenvalue weighted by atomic mass is 9.63. The number of benzene rings is 1. The van der Waals surface area contributed by atoms with Crippen LogP contribution >= 0.6 is 11.6 Å². The van der Waals surface area contributed by atoms with Gasteiger partial charge in [-0.2, -0.15) is 10.1 Å². The Kier molecular flexibility index (Phi) is 3.63. The number of amides is 2. The summed E-state index contributed by atoms with van der Waals surface area (Å²) in [5, 5.41) is 15.2. The Morgan fingerprint density at radius 3 is 2.44 bits per heavy atom. The zero-order chi connectivity index (χ0) is 18.9. The molecule has 1 aromatic rings. The molecule has 6 nitrogen and oxygen atoms in total. The monoisotopic (exact) mass is 386 g/mol. The van der Waals surface area contributed by atoms with Gasteiger partial charge in [0.15, 0.2) is 11.5 Å². The van der Waals surface area contributed by atoms with Gasteiger partial charge in [-0.25, -0.2) is 0 Å². The Labute approximate surface area is 161 Å². The van der Waals surface area contributed by atoms with Crippen molar-refractivity contribution in [3.63, 3.8) is 0 Å². The molecule has 0 aromatic heterocycles. The van der Waals surface area contributed by atoms with Gasteiger partial charge in [0.2, 0.25) is 0 Å². The van der Waals surface area contributed by atoms with Gasteiger partial charge in [0.05, 0.1) is 29.7 Å². The first-order valence-electron chi connectivity index (χ1n) is 9.26. The Morgan fingerprint density at radius 2 is 1.85 bits per heavy atom. The van der Waals surface area contributed by atoms with E-state index in [-0.39, 0.29) is 52.0 Å². The minimum atomic E-state index is -0.268. The van der Waals surface area contributed by atoms with Crippen LogP contribution in [0.4, 0.5) is 0 Å². The quantitative estimate of drug-likeness (QED) is 0.490. The van der Waals surface area contributed by atoms with Crippen LogP contribution in [0.2, 0.25) is 5.02 Å². The first-order valence-corrected chi connectivity index (χ1v) is 9.64. The first-order chi connectivity index (χ1) is 13.0. The lowest BCUT2D eigenvalue weighted by Crippen LogP contribution is -2.40. The smallest absolute Gasteiger partial charge is 0.254 e. The van der Waals surface area contributed by atoms with Gasteiger partial charge >= 0.3 is 0 Å². The lowest BCUT2D eigenvalue weighted by molar-refractivity contribution is -0.140. The van der Waals surface area contributed by atoms with Crippen LogP contribution < -0.4 is 4.74 Å². The molecule has 1 heterocycles. The van der Waals surface area contributed by atoms with E-state index < -0.39 is 0 Å². The maximum absolute atomic E-state index is 12.9. The maximum atomic E-state index is 12.9. The summed E-state index contributed by atoms with van der Waals surface area (Å²) in [5.74, 6) is 0.619. The number of phenolic OH excluding ortho intramolecular Hbond substituents is 1. The number of rotatable bonds is 4. The van der Waals surface area contributed by atoms with Crippen LogP contribution in [0.15, 0.2) is 29.4 Å². The van der Waals surface area contributed by atoms with Crippen LogP contribution in [-0.4, -0.2) is 34.8 Å². The standard InChI is InChI=1S/C20H19ClN2O4/c1-2-27-15-6-9(5-14(21)18(15)24)8-22-23-19(25)16-10-3-4-11(13-7-12(10)13)17(16)20(23)26/h3-6,8,10-13,16-17,24H,2,7H2,1H3/b22-8-/t10-,11-,12-,13+,16+,17+/m0/s1. The molecule has 1 aliphatic heterocycles. The fraction of sp³-hybridized carbons (Fsp3) is 0.450. The first kappa shape index (κ1) is 16.8. The van der Waals surface area contributed by atoms with Crippen molar-refractivity contribution in [3.8, 4) is 11.5 Å². The molecule has 0 spiro atoms. The summed E-state index contributed by atoms with van der Waals surface area (Å²) in [5.41, 5.74) is 0.542. The van der Waals surface area contributed by atoms with Gasteiger partial charge in [0.25, 0.3) is 11.8 Å². The van der Waals surface area contributed by atoms with Gasteiger partial charge in [-0.15, -0.1) is 0 Å². The molecule has 4 aliphatic carbocycles. The van der Waals surface area contributed by atoms with Gasteiger partial charge in [-0.05, 0) is 54.7 Å². The number of hydrogen-bond acceptors (Lipinski definition) is 5. The van der Waals surface area contributed by atoms with Crippen molar-refractivity contribution in [1.29, 1.82) is 0 Å². The van der Waals surface area contributed by atoms with E-state index in [1.54, 1.807) is 13.0 Å². The van der Waals surface area contributed by atoms with Crippen LogP contribution in [0.25, 0.3) is 0 Å². The zero-order valence-electron chi connectivity index (χ0n) is 14.7. The van der Waals surface area contributed by atoms with E-state index >= 15 is 0 Å². The van der Waals surface area contributed by atoms with Gasteiger partial charge < -0.3 is 9.84 Å². The number of hydrazone groups is 1. The molecule has 3 fully saturated rings. The van der Waals surface area contributed by atoms with Crippen molar-refractivity contribution in [2.24, 2.45) is 40.6 Å². The Hall–Kier alpha value is -2.34. The summed E-state index contributed by atoms with van der Waals surface area (Å²) >= 11 is 6.03. The molecule has 1 saturated heterocycles. The number of imide groups is 1. The van der Waals surface area contributed by atoms with Gasteiger partial charge in [-0.1, -0.05) is 23.8 Å². The van der Waals surface area contributed by atoms with Crippen molar-refractivity contribution in [1.82, 2.24) is 5.01 Å². The van der Waals surface area contributed by atoms with Gasteiger partial charge in [-0.3, -0.25) is 9.59 Å². The molecule has 6 rings (SSSR count). The predicted octanol–water partition coefficient (Wildman–Crippen LogP) is 2.83. The minimum absolute atomic E-state index is 0.123. The van der Waals surface area contributed by atoms with E-state index in [1.807, 2.05) is 0 Å². The van der Waals surface area contributed by atoms with Crippen molar-refractivity contribution < 1.29 is 19.4 Å². The average Bonchev–Trinajstić information content (AvgIpc) is 3.43. The number of ether oxygens (including phenoxy) is 1. The van der Waals surface area contributed by atoms with Crippen LogP contribution in [0.3, 0.4) is 0 Å². The summed E-state index contributed by atoms with van der Waals surface area (Å²) in [6.07, 6.45) is 6.81. The van der Waals surface area contributed by atoms with Crippen LogP contribution in [0, 0.1) is 35.5 Å². The number of halogens is 1. The minimum Gasteiger partial charge on any atom is -0.503 e. The summed E-state index contributed by atoms with van der Waals surface area (Å²) in [7, 11) is 0. The van der Waals surface area contributed by atoms with Crippen molar-refractivity contribution in [2.45, 2.75) is 13.3 Å². The van der Waals surface area contributed by atoms with Crippen LogP contribution in [0.5, 0.6) is 11.5 Å². The van der Waals surface area contributed by atoms with E-state index in [0.29, 0.717) is 24.0 Å². The fourth-order valence-electron chi connectivity index (χ4n) is 5.11. The van der Waals surface area contributed by atoms with Crippen molar-refractivity contribution >= 4 is 29.6 Å². The number of phenols is 1.